The van der Waals surface area contributed by atoms with Crippen LogP contribution < -0.4 is 11.1 Å². The van der Waals surface area contributed by atoms with Crippen molar-refractivity contribution in [2.24, 2.45) is 0 Å². The maximum absolute atomic E-state index is 12.1. The zero-order chi connectivity index (χ0) is 13.1. The SMILES string of the molecule is CN(CC(=O)NC1CC1)C(=O)c1ccccc1N. The number of nitrogens with two attached hydrogens (primary N) is 1. The zero-order valence-corrected chi connectivity index (χ0v) is 10.3. The van der Waals surface area contributed by atoms with Crippen LogP contribution in [-0.2, 0) is 4.79 Å². The van der Waals surface area contributed by atoms with Crippen molar-refractivity contribution in [2.45, 2.75) is 18.9 Å². The molecule has 5 heteroatoms. The lowest BCUT2D eigenvalue weighted by molar-refractivity contribution is -0.121. The Bertz CT molecular complexity index is 469. The van der Waals surface area contributed by atoms with E-state index in [1.165, 1.54) is 4.90 Å². The second kappa shape index (κ2) is 5.08. The number of nitrogen functional groups attached to an aromatic ring is 1. The molecule has 3 N–H and O–H groups in total. The van der Waals surface area contributed by atoms with Crippen LogP contribution in [0, 0.1) is 0 Å². The van der Waals surface area contributed by atoms with Crippen molar-refractivity contribution < 1.29 is 9.59 Å². The largest absolute Gasteiger partial charge is 0.398 e. The molecule has 5 nitrogen and oxygen atoms in total. The van der Waals surface area contributed by atoms with Gasteiger partial charge in [-0.25, -0.2) is 0 Å². The Kier molecular flexibility index (Phi) is 3.50. The van der Waals surface area contributed by atoms with Crippen molar-refractivity contribution in [1.82, 2.24) is 10.2 Å². The summed E-state index contributed by atoms with van der Waals surface area (Å²) in [6.07, 6.45) is 2.07. The van der Waals surface area contributed by atoms with Gasteiger partial charge in [-0.1, -0.05) is 12.1 Å². The number of anilines is 1. The van der Waals surface area contributed by atoms with Crippen molar-refractivity contribution in [3.05, 3.63) is 29.8 Å². The predicted molar refractivity (Wildman–Crippen MR) is 69.0 cm³/mol. The zero-order valence-electron chi connectivity index (χ0n) is 10.3. The molecule has 1 saturated carbocycles. The van der Waals surface area contributed by atoms with Gasteiger partial charge in [-0.2, -0.15) is 0 Å². The number of nitrogens with one attached hydrogen (secondary N) is 1. The average molecular weight is 247 g/mol. The summed E-state index contributed by atoms with van der Waals surface area (Å²) >= 11 is 0. The minimum atomic E-state index is -0.237. The molecular weight excluding hydrogens is 230 g/mol. The summed E-state index contributed by atoms with van der Waals surface area (Å²) in [5.41, 5.74) is 6.59. The van der Waals surface area contributed by atoms with E-state index in [4.69, 9.17) is 5.73 Å². The molecule has 1 aromatic rings. The second-order valence-electron chi connectivity index (χ2n) is 4.59. The molecule has 2 amide bonds. The van der Waals surface area contributed by atoms with Crippen LogP contribution in [0.5, 0.6) is 0 Å². The van der Waals surface area contributed by atoms with Gasteiger partial charge >= 0.3 is 0 Å². The number of hydrogen-bond donors (Lipinski definition) is 2. The summed E-state index contributed by atoms with van der Waals surface area (Å²) in [5.74, 6) is -0.359. The first-order chi connectivity index (χ1) is 8.58. The van der Waals surface area contributed by atoms with Gasteiger partial charge in [0.2, 0.25) is 5.91 Å². The molecule has 0 saturated heterocycles. The van der Waals surface area contributed by atoms with E-state index >= 15 is 0 Å². The molecular formula is C13H17N3O2. The van der Waals surface area contributed by atoms with Crippen LogP contribution in [0.1, 0.15) is 23.2 Å². The van der Waals surface area contributed by atoms with Crippen molar-refractivity contribution >= 4 is 17.5 Å². The second-order valence-corrected chi connectivity index (χ2v) is 4.59. The molecule has 1 aliphatic carbocycles. The summed E-state index contributed by atoms with van der Waals surface area (Å²) in [5, 5.41) is 2.84. The first kappa shape index (κ1) is 12.4. The molecule has 1 fully saturated rings. The first-order valence-electron chi connectivity index (χ1n) is 5.97. The van der Waals surface area contributed by atoms with Crippen molar-refractivity contribution in [3.8, 4) is 0 Å². The highest BCUT2D eigenvalue weighted by atomic mass is 16.2. The van der Waals surface area contributed by atoms with Gasteiger partial charge in [-0.05, 0) is 25.0 Å². The summed E-state index contributed by atoms with van der Waals surface area (Å²) in [4.78, 5) is 25.0. The maximum Gasteiger partial charge on any atom is 0.256 e. The van der Waals surface area contributed by atoms with Crippen LogP contribution in [-0.4, -0.2) is 36.3 Å². The van der Waals surface area contributed by atoms with Gasteiger partial charge in [0, 0.05) is 18.8 Å². The van der Waals surface area contributed by atoms with E-state index in [2.05, 4.69) is 5.32 Å². The van der Waals surface area contributed by atoms with Gasteiger partial charge in [0.25, 0.3) is 5.91 Å². The third-order valence-electron chi connectivity index (χ3n) is 2.86. The monoisotopic (exact) mass is 247 g/mol. The Hall–Kier alpha value is -2.04. The van der Waals surface area contributed by atoms with Crippen LogP contribution in [0.15, 0.2) is 24.3 Å². The van der Waals surface area contributed by atoms with E-state index < -0.39 is 0 Å². The lowest BCUT2D eigenvalue weighted by Crippen LogP contribution is -2.39. The van der Waals surface area contributed by atoms with Crippen LogP contribution in [0.25, 0.3) is 0 Å². The van der Waals surface area contributed by atoms with Gasteiger partial charge in [0.15, 0.2) is 0 Å². The summed E-state index contributed by atoms with van der Waals surface area (Å²) in [7, 11) is 1.60. The fourth-order valence-electron chi connectivity index (χ4n) is 1.69. The van der Waals surface area contributed by atoms with E-state index in [-0.39, 0.29) is 18.4 Å². The number of amides is 2. The maximum atomic E-state index is 12.1. The number of para-hydroxylation sites is 1. The molecule has 1 aliphatic rings. The van der Waals surface area contributed by atoms with Crippen LogP contribution >= 0.6 is 0 Å². The molecule has 0 unspecified atom stereocenters. The quantitative estimate of drug-likeness (QED) is 0.766. The van der Waals surface area contributed by atoms with E-state index in [1.54, 1.807) is 31.3 Å². The molecule has 0 spiro atoms. The molecule has 0 heterocycles. The number of hydrogen-bond acceptors (Lipinski definition) is 3. The number of carbonyl (C=O) groups excluding carboxylic acids is 2. The Morgan fingerprint density at radius 1 is 1.39 bits per heavy atom. The average Bonchev–Trinajstić information content (AvgIpc) is 3.12. The van der Waals surface area contributed by atoms with E-state index in [1.807, 2.05) is 0 Å². The molecule has 0 aliphatic heterocycles. The molecule has 2 rings (SSSR count). The number of benzene rings is 1. The molecule has 0 aromatic heterocycles. The van der Waals surface area contributed by atoms with Gasteiger partial charge in [0.1, 0.15) is 0 Å². The Morgan fingerprint density at radius 2 is 2.06 bits per heavy atom. The van der Waals surface area contributed by atoms with Crippen LogP contribution in [0.2, 0.25) is 0 Å². The summed E-state index contributed by atoms with van der Waals surface area (Å²) in [6, 6.07) is 7.16. The summed E-state index contributed by atoms with van der Waals surface area (Å²) in [6.45, 7) is 0.0592. The fourth-order valence-corrected chi connectivity index (χ4v) is 1.69. The highest BCUT2D eigenvalue weighted by molar-refractivity contribution is 6.00. The molecule has 0 radical (unpaired) electrons. The third-order valence-corrected chi connectivity index (χ3v) is 2.86. The number of nitrogens with zero attached hydrogens (tertiary/aromatic N) is 1. The smallest absolute Gasteiger partial charge is 0.256 e. The van der Waals surface area contributed by atoms with Crippen LogP contribution in [0.4, 0.5) is 5.69 Å². The molecule has 18 heavy (non-hydrogen) atoms. The lowest BCUT2D eigenvalue weighted by atomic mass is 10.1. The minimum Gasteiger partial charge on any atom is -0.398 e. The topological polar surface area (TPSA) is 75.4 Å². The van der Waals surface area contributed by atoms with Gasteiger partial charge in [0.05, 0.1) is 12.1 Å². The van der Waals surface area contributed by atoms with Crippen molar-refractivity contribution in [3.63, 3.8) is 0 Å². The standard InChI is InChI=1S/C13H17N3O2/c1-16(8-12(17)15-9-6-7-9)13(18)10-4-2-3-5-11(10)14/h2-5,9H,6-8,14H2,1H3,(H,15,17). The van der Waals surface area contributed by atoms with Crippen molar-refractivity contribution in [2.75, 3.05) is 19.3 Å². The normalized spacial score (nSPS) is 14.1. The molecule has 0 bridgehead atoms. The number of rotatable bonds is 4. The highest BCUT2D eigenvalue weighted by Gasteiger charge is 2.24. The number of likely N-dealkylation sites (N-methyl/N-ethyl adjacent to an activating group) is 1. The van der Waals surface area contributed by atoms with Gasteiger partial charge in [-0.3, -0.25) is 9.59 Å². The van der Waals surface area contributed by atoms with Gasteiger partial charge in [-0.15, -0.1) is 0 Å². The Balaban J connectivity index is 1.95. The minimum absolute atomic E-state index is 0.0592. The fraction of sp³-hybridized carbons (Fsp3) is 0.385. The van der Waals surface area contributed by atoms with E-state index in [0.29, 0.717) is 17.3 Å². The van der Waals surface area contributed by atoms with Gasteiger partial charge < -0.3 is 16.0 Å². The Labute approximate surface area is 106 Å². The van der Waals surface area contributed by atoms with E-state index in [9.17, 15) is 9.59 Å². The summed E-state index contributed by atoms with van der Waals surface area (Å²) < 4.78 is 0. The lowest BCUT2D eigenvalue weighted by Gasteiger charge is -2.17. The first-order valence-corrected chi connectivity index (χ1v) is 5.97. The molecule has 96 valence electrons. The third kappa shape index (κ3) is 3.00. The van der Waals surface area contributed by atoms with E-state index in [0.717, 1.165) is 12.8 Å². The predicted octanol–water partition coefficient (Wildman–Crippen LogP) is 0.619. The Morgan fingerprint density at radius 3 is 2.67 bits per heavy atom. The highest BCUT2D eigenvalue weighted by Crippen LogP contribution is 2.18. The molecule has 0 atom stereocenters. The van der Waals surface area contributed by atoms with Crippen molar-refractivity contribution in [1.29, 1.82) is 0 Å². The molecule has 1 aromatic carbocycles. The van der Waals surface area contributed by atoms with Crippen LogP contribution in [0.3, 0.4) is 0 Å². The number of carbonyl (C=O) groups is 2.